The van der Waals surface area contributed by atoms with Crippen LogP contribution in [0.3, 0.4) is 0 Å². The number of hydrogen-bond acceptors (Lipinski definition) is 9. The van der Waals surface area contributed by atoms with Crippen molar-refractivity contribution < 1.29 is 24.2 Å². The van der Waals surface area contributed by atoms with E-state index in [1.165, 1.54) is 34.2 Å². The number of aromatic hydroxyl groups is 1. The largest absolute Gasteiger partial charge is 0.508 e. The molecule has 1 aliphatic heterocycles. The van der Waals surface area contributed by atoms with Crippen LogP contribution in [0.5, 0.6) is 17.2 Å². The van der Waals surface area contributed by atoms with Gasteiger partial charge in [-0.25, -0.2) is 28.5 Å². The molecule has 3 heterocycles. The Labute approximate surface area is 296 Å². The van der Waals surface area contributed by atoms with E-state index < -0.39 is 34.7 Å². The molecule has 2 aliphatic carbocycles. The van der Waals surface area contributed by atoms with E-state index in [0.29, 0.717) is 39.2 Å². The van der Waals surface area contributed by atoms with E-state index in [1.54, 1.807) is 45.2 Å². The van der Waals surface area contributed by atoms with Gasteiger partial charge in [0.25, 0.3) is 5.56 Å². The summed E-state index contributed by atoms with van der Waals surface area (Å²) in [5.41, 5.74) is -0.112. The van der Waals surface area contributed by atoms with Gasteiger partial charge in [-0.15, -0.1) is 0 Å². The monoisotopic (exact) mass is 703 g/mol. The van der Waals surface area contributed by atoms with Crippen LogP contribution in [0.25, 0.3) is 21.8 Å². The van der Waals surface area contributed by atoms with Gasteiger partial charge in [0.2, 0.25) is 0 Å². The summed E-state index contributed by atoms with van der Waals surface area (Å²) in [4.78, 5) is 74.3. The lowest BCUT2D eigenvalue weighted by atomic mass is 9.50. The third kappa shape index (κ3) is 4.54. The standard InChI is InChI=1S/C39H37N5O8/c1-20-16-32(46)39(2)24(35(20)47)17-27-23(34(39)33-22-9-7-6-8-21(22)10-11-29(33)45)12-15-43-37(49)42(38(50)44(27)43)14-13-25-36(48)41(3)28-19-31(52-5)30(51-4)18-26(28)40-25/h6-12,16,18-19,24,27,34,45H,13-15,17H2,1-5H3/t24-,27+,34+,39-/m0/s1. The van der Waals surface area contributed by atoms with Gasteiger partial charge in [-0.3, -0.25) is 14.4 Å². The average Bonchev–Trinajstić information content (AvgIpc) is 3.39. The highest BCUT2D eigenvalue weighted by Gasteiger charge is 2.60. The topological polar surface area (TPSA) is 157 Å². The Bertz CT molecular complexity index is 2640. The van der Waals surface area contributed by atoms with E-state index in [1.807, 2.05) is 30.3 Å². The summed E-state index contributed by atoms with van der Waals surface area (Å²) >= 11 is 0. The molecule has 13 heteroatoms. The van der Waals surface area contributed by atoms with Crippen LogP contribution in [0.15, 0.2) is 86.2 Å². The second-order valence-corrected chi connectivity index (χ2v) is 14.0. The molecule has 0 amide bonds. The summed E-state index contributed by atoms with van der Waals surface area (Å²) in [6, 6.07) is 13.5. The van der Waals surface area contributed by atoms with Crippen molar-refractivity contribution in [3.05, 3.63) is 114 Å². The van der Waals surface area contributed by atoms with Crippen molar-refractivity contribution in [3.8, 4) is 17.2 Å². The van der Waals surface area contributed by atoms with Crippen LogP contribution in [0, 0.1) is 11.3 Å². The molecule has 5 aromatic rings. The Balaban J connectivity index is 1.24. The molecule has 0 unspecified atom stereocenters. The lowest BCUT2D eigenvalue weighted by Crippen LogP contribution is -2.54. The first-order chi connectivity index (χ1) is 24.9. The number of aromatic nitrogens is 5. The fourth-order valence-electron chi connectivity index (χ4n) is 8.77. The predicted octanol–water partition coefficient (Wildman–Crippen LogP) is 3.57. The van der Waals surface area contributed by atoms with Crippen LogP contribution in [0.1, 0.15) is 43.5 Å². The highest BCUT2D eigenvalue weighted by Crippen LogP contribution is 2.61. The van der Waals surface area contributed by atoms with Crippen LogP contribution in [-0.4, -0.2) is 54.4 Å². The number of Topliss-reactive ketones (excluding diaryl/α,β-unsaturated/α-hetero) is 1. The zero-order valence-electron chi connectivity index (χ0n) is 29.4. The van der Waals surface area contributed by atoms with Gasteiger partial charge in [-0.1, -0.05) is 43.3 Å². The minimum Gasteiger partial charge on any atom is -0.508 e. The van der Waals surface area contributed by atoms with Gasteiger partial charge in [0, 0.05) is 49.5 Å². The summed E-state index contributed by atoms with van der Waals surface area (Å²) in [5, 5.41) is 13.1. The molecule has 52 heavy (non-hydrogen) atoms. The number of allylic oxidation sites excluding steroid dienone is 4. The van der Waals surface area contributed by atoms with E-state index >= 15 is 0 Å². The maximum Gasteiger partial charge on any atom is 0.347 e. The van der Waals surface area contributed by atoms with Gasteiger partial charge in [0.05, 0.1) is 43.3 Å². The average molecular weight is 704 g/mol. The number of methoxy groups -OCH3 is 2. The van der Waals surface area contributed by atoms with Crippen molar-refractivity contribution in [2.75, 3.05) is 14.2 Å². The number of carbonyl (C=O) groups is 2. The summed E-state index contributed by atoms with van der Waals surface area (Å²) in [5.74, 6) is -1.17. The Hall–Kier alpha value is -5.98. The highest BCUT2D eigenvalue weighted by molar-refractivity contribution is 6.13. The first-order valence-electron chi connectivity index (χ1n) is 17.1. The predicted molar refractivity (Wildman–Crippen MR) is 192 cm³/mol. The third-order valence-electron chi connectivity index (χ3n) is 11.5. The van der Waals surface area contributed by atoms with Gasteiger partial charge < -0.3 is 19.1 Å². The quantitative estimate of drug-likeness (QED) is 0.261. The summed E-state index contributed by atoms with van der Waals surface area (Å²) < 4.78 is 16.1. The van der Waals surface area contributed by atoms with E-state index in [-0.39, 0.29) is 54.5 Å². The van der Waals surface area contributed by atoms with Crippen molar-refractivity contribution in [2.24, 2.45) is 18.4 Å². The second-order valence-electron chi connectivity index (χ2n) is 14.0. The minimum absolute atomic E-state index is 0.00868. The number of benzene rings is 3. The minimum atomic E-state index is -1.26. The molecule has 13 nitrogen and oxygen atoms in total. The second kappa shape index (κ2) is 11.8. The Morgan fingerprint density at radius 2 is 1.71 bits per heavy atom. The molecule has 0 saturated heterocycles. The first-order valence-corrected chi connectivity index (χ1v) is 17.1. The molecule has 0 spiro atoms. The van der Waals surface area contributed by atoms with Gasteiger partial charge >= 0.3 is 11.4 Å². The SMILES string of the molecule is COc1cc2nc(CCn3c(=O)n4n(c3=O)[C@@H]3C[C@H]5C(=O)C(C)=CC(=O)[C@@]5(C)[C@@H](c5c(O)ccc6ccccc56)C3=CC4)c(=O)n(C)c2cc1OC. The third-order valence-corrected chi connectivity index (χ3v) is 11.5. The zero-order valence-corrected chi connectivity index (χ0v) is 29.4. The number of rotatable bonds is 6. The lowest BCUT2D eigenvalue weighted by Gasteiger charge is -2.52. The van der Waals surface area contributed by atoms with E-state index in [4.69, 9.17) is 9.47 Å². The lowest BCUT2D eigenvalue weighted by molar-refractivity contribution is -0.139. The maximum atomic E-state index is 14.3. The molecule has 1 N–H and O–H groups in total. The van der Waals surface area contributed by atoms with Crippen LogP contribution in [-0.2, 0) is 36.1 Å². The van der Waals surface area contributed by atoms with Gasteiger partial charge in [0.1, 0.15) is 11.4 Å². The molecular formula is C39H37N5O8. The number of hydrogen-bond donors (Lipinski definition) is 1. The zero-order chi connectivity index (χ0) is 36.8. The van der Waals surface area contributed by atoms with Crippen molar-refractivity contribution in [2.45, 2.75) is 51.7 Å². The van der Waals surface area contributed by atoms with Crippen molar-refractivity contribution >= 4 is 33.4 Å². The van der Waals surface area contributed by atoms with E-state index in [9.17, 15) is 29.1 Å². The van der Waals surface area contributed by atoms with Crippen molar-refractivity contribution in [1.29, 1.82) is 0 Å². The molecular weight excluding hydrogens is 666 g/mol. The number of carbonyl (C=O) groups excluding carboxylic acids is 2. The molecule has 4 atom stereocenters. The first kappa shape index (κ1) is 33.2. The Morgan fingerprint density at radius 1 is 0.981 bits per heavy atom. The molecule has 3 aliphatic rings. The van der Waals surface area contributed by atoms with E-state index in [2.05, 4.69) is 4.98 Å². The van der Waals surface area contributed by atoms with Crippen LogP contribution in [0.2, 0.25) is 0 Å². The number of phenolic OH excluding ortho intramolecular Hbond substituents is 1. The van der Waals surface area contributed by atoms with Crippen LogP contribution >= 0.6 is 0 Å². The van der Waals surface area contributed by atoms with Crippen LogP contribution in [0.4, 0.5) is 0 Å². The summed E-state index contributed by atoms with van der Waals surface area (Å²) in [6.07, 6.45) is 3.36. The molecule has 8 rings (SSSR count). The fourth-order valence-corrected chi connectivity index (χ4v) is 8.77. The Morgan fingerprint density at radius 3 is 2.46 bits per heavy atom. The molecule has 0 radical (unpaired) electrons. The fraction of sp³-hybridized carbons (Fsp3) is 0.333. The number of aryl methyl sites for hydroxylation is 2. The number of phenols is 1. The van der Waals surface area contributed by atoms with Crippen LogP contribution < -0.4 is 26.4 Å². The van der Waals surface area contributed by atoms with Crippen molar-refractivity contribution in [3.63, 3.8) is 0 Å². The molecule has 2 aromatic heterocycles. The number of ketones is 2. The molecule has 1 fully saturated rings. The smallest absolute Gasteiger partial charge is 0.347 e. The molecule has 266 valence electrons. The molecule has 0 bridgehead atoms. The number of ether oxygens (including phenoxy) is 2. The van der Waals surface area contributed by atoms with Gasteiger partial charge in [-0.2, -0.15) is 0 Å². The number of fused-ring (bicyclic) bond motifs is 6. The van der Waals surface area contributed by atoms with Crippen molar-refractivity contribution in [1.82, 2.24) is 23.5 Å². The number of nitrogens with zero attached hydrogens (tertiary/aromatic N) is 5. The van der Waals surface area contributed by atoms with Gasteiger partial charge in [-0.05, 0) is 47.4 Å². The molecule has 1 saturated carbocycles. The van der Waals surface area contributed by atoms with Gasteiger partial charge in [0.15, 0.2) is 23.1 Å². The maximum absolute atomic E-state index is 14.3. The summed E-state index contributed by atoms with van der Waals surface area (Å²) in [6.45, 7) is 3.31. The van der Waals surface area contributed by atoms with E-state index in [0.717, 1.165) is 15.3 Å². The summed E-state index contributed by atoms with van der Waals surface area (Å²) in [7, 11) is 4.61. The normalized spacial score (nSPS) is 22.4. The highest BCUT2D eigenvalue weighted by atomic mass is 16.5. The molecule has 3 aromatic carbocycles. The Kier molecular flexibility index (Phi) is 7.52.